The van der Waals surface area contributed by atoms with Crippen molar-refractivity contribution in [2.24, 2.45) is 5.10 Å². The molecule has 0 aliphatic carbocycles. The van der Waals surface area contributed by atoms with E-state index in [0.29, 0.717) is 16.5 Å². The highest BCUT2D eigenvalue weighted by molar-refractivity contribution is 7.71. The van der Waals surface area contributed by atoms with Gasteiger partial charge in [-0.3, -0.25) is 0 Å². The third-order valence-corrected chi connectivity index (χ3v) is 4.17. The molecule has 0 aliphatic heterocycles. The maximum absolute atomic E-state index is 5.30. The minimum absolute atomic E-state index is 0.438. The predicted octanol–water partition coefficient (Wildman–Crippen LogP) is 4.62. The molecule has 25 heavy (non-hydrogen) atoms. The van der Waals surface area contributed by atoms with E-state index in [0.717, 1.165) is 16.9 Å². The van der Waals surface area contributed by atoms with Gasteiger partial charge in [0.2, 0.25) is 4.77 Å². The second kappa shape index (κ2) is 7.44. The van der Waals surface area contributed by atoms with E-state index in [4.69, 9.17) is 17.0 Å². The Balaban J connectivity index is 1.92. The van der Waals surface area contributed by atoms with E-state index in [2.05, 4.69) is 41.3 Å². The van der Waals surface area contributed by atoms with Gasteiger partial charge in [0.25, 0.3) is 0 Å². The Morgan fingerprint density at radius 2 is 1.96 bits per heavy atom. The number of H-pyrrole nitrogens is 1. The molecule has 0 saturated heterocycles. The molecule has 3 rings (SSSR count). The molecule has 6 heteroatoms. The number of aromatic amines is 1. The molecule has 1 aromatic heterocycles. The summed E-state index contributed by atoms with van der Waals surface area (Å²) in [6.07, 6.45) is 1.78. The van der Waals surface area contributed by atoms with Crippen molar-refractivity contribution in [3.8, 4) is 17.1 Å². The Labute approximate surface area is 152 Å². The second-order valence-electron chi connectivity index (χ2n) is 5.96. The first kappa shape index (κ1) is 17.1. The topological polar surface area (TPSA) is 55.2 Å². The summed E-state index contributed by atoms with van der Waals surface area (Å²) in [6, 6.07) is 16.0. The van der Waals surface area contributed by atoms with E-state index in [1.807, 2.05) is 36.4 Å². The summed E-state index contributed by atoms with van der Waals surface area (Å²) in [7, 11) is 1.63. The summed E-state index contributed by atoms with van der Waals surface area (Å²) in [5.74, 6) is 1.90. The monoisotopic (exact) mass is 352 g/mol. The summed E-state index contributed by atoms with van der Waals surface area (Å²) in [6.45, 7) is 4.35. The number of methoxy groups -OCH3 is 1. The zero-order valence-corrected chi connectivity index (χ0v) is 15.2. The molecular formula is C19H20N4OS. The van der Waals surface area contributed by atoms with Gasteiger partial charge in [-0.25, -0.2) is 5.10 Å². The van der Waals surface area contributed by atoms with Crippen LogP contribution < -0.4 is 4.74 Å². The van der Waals surface area contributed by atoms with Gasteiger partial charge in [0.1, 0.15) is 5.75 Å². The maximum Gasteiger partial charge on any atom is 0.216 e. The summed E-state index contributed by atoms with van der Waals surface area (Å²) in [5.41, 5.74) is 3.18. The standard InChI is InChI=1S/C19H20N4OS/c1-13(2)15-9-7-14(8-10-15)12-20-23-18(21-22-19(23)25)16-5-4-6-17(11-16)24-3/h4-13H,1-3H3,(H,22,25)/b20-12+. The second-order valence-corrected chi connectivity index (χ2v) is 6.35. The SMILES string of the molecule is COc1cccc(-c2n[nH]c(=S)n2/N=C/c2ccc(C(C)C)cc2)c1. The van der Waals surface area contributed by atoms with Crippen molar-refractivity contribution in [2.45, 2.75) is 19.8 Å². The number of hydrogen-bond acceptors (Lipinski definition) is 4. The lowest BCUT2D eigenvalue weighted by atomic mass is 10.0. The Morgan fingerprint density at radius 3 is 2.64 bits per heavy atom. The lowest BCUT2D eigenvalue weighted by molar-refractivity contribution is 0.415. The molecule has 0 atom stereocenters. The van der Waals surface area contributed by atoms with Gasteiger partial charge in [0.05, 0.1) is 13.3 Å². The number of benzene rings is 2. The van der Waals surface area contributed by atoms with Gasteiger partial charge < -0.3 is 4.74 Å². The fourth-order valence-corrected chi connectivity index (χ4v) is 2.62. The first-order valence-corrected chi connectivity index (χ1v) is 8.45. The van der Waals surface area contributed by atoms with Crippen LogP contribution in [0.2, 0.25) is 0 Å². The lowest BCUT2D eigenvalue weighted by Crippen LogP contribution is -1.96. The highest BCUT2D eigenvalue weighted by atomic mass is 32.1. The van der Waals surface area contributed by atoms with Gasteiger partial charge in [0.15, 0.2) is 5.82 Å². The quantitative estimate of drug-likeness (QED) is 0.538. The van der Waals surface area contributed by atoms with Crippen molar-refractivity contribution in [2.75, 3.05) is 7.11 Å². The summed E-state index contributed by atoms with van der Waals surface area (Å²) < 4.78 is 7.32. The van der Waals surface area contributed by atoms with Crippen LogP contribution in [-0.4, -0.2) is 28.2 Å². The molecule has 128 valence electrons. The molecular weight excluding hydrogens is 332 g/mol. The molecule has 0 unspecified atom stereocenters. The van der Waals surface area contributed by atoms with Crippen molar-refractivity contribution in [1.82, 2.24) is 14.9 Å². The van der Waals surface area contributed by atoms with Crippen LogP contribution in [0, 0.1) is 4.77 Å². The molecule has 0 fully saturated rings. The number of nitrogens with zero attached hydrogens (tertiary/aromatic N) is 3. The fourth-order valence-electron chi connectivity index (χ4n) is 2.44. The number of aromatic nitrogens is 3. The lowest BCUT2D eigenvalue weighted by Gasteiger charge is -2.05. The predicted molar refractivity (Wildman–Crippen MR) is 103 cm³/mol. The largest absolute Gasteiger partial charge is 0.497 e. The molecule has 5 nitrogen and oxygen atoms in total. The van der Waals surface area contributed by atoms with Crippen LogP contribution in [-0.2, 0) is 0 Å². The smallest absolute Gasteiger partial charge is 0.216 e. The molecule has 2 aromatic carbocycles. The fraction of sp³-hybridized carbons (Fsp3) is 0.211. The zero-order valence-electron chi connectivity index (χ0n) is 14.4. The van der Waals surface area contributed by atoms with E-state index in [9.17, 15) is 0 Å². The van der Waals surface area contributed by atoms with E-state index in [1.165, 1.54) is 5.56 Å². The van der Waals surface area contributed by atoms with Crippen LogP contribution >= 0.6 is 12.2 Å². The molecule has 3 aromatic rings. The third kappa shape index (κ3) is 3.85. The van der Waals surface area contributed by atoms with Gasteiger partial charge in [-0.05, 0) is 41.4 Å². The van der Waals surface area contributed by atoms with E-state index < -0.39 is 0 Å². The highest BCUT2D eigenvalue weighted by Crippen LogP contribution is 2.22. The van der Waals surface area contributed by atoms with Gasteiger partial charge >= 0.3 is 0 Å². The van der Waals surface area contributed by atoms with Gasteiger partial charge in [0, 0.05) is 5.56 Å². The Morgan fingerprint density at radius 1 is 1.20 bits per heavy atom. The third-order valence-electron chi connectivity index (χ3n) is 3.90. The van der Waals surface area contributed by atoms with Crippen molar-refractivity contribution < 1.29 is 4.74 Å². The zero-order chi connectivity index (χ0) is 17.8. The van der Waals surface area contributed by atoms with E-state index in [-0.39, 0.29) is 0 Å². The molecule has 1 N–H and O–H groups in total. The minimum atomic E-state index is 0.438. The van der Waals surface area contributed by atoms with Crippen LogP contribution in [0.15, 0.2) is 53.6 Å². The minimum Gasteiger partial charge on any atom is -0.497 e. The Bertz CT molecular complexity index is 939. The van der Waals surface area contributed by atoms with Crippen molar-refractivity contribution in [3.05, 3.63) is 64.4 Å². The average molecular weight is 352 g/mol. The molecule has 0 radical (unpaired) electrons. The highest BCUT2D eigenvalue weighted by Gasteiger charge is 2.09. The van der Waals surface area contributed by atoms with Crippen molar-refractivity contribution >= 4 is 18.4 Å². The number of nitrogens with one attached hydrogen (secondary N) is 1. The molecule has 0 spiro atoms. The van der Waals surface area contributed by atoms with Gasteiger partial charge in [-0.2, -0.15) is 14.9 Å². The molecule has 1 heterocycles. The summed E-state index contributed by atoms with van der Waals surface area (Å²) >= 11 is 5.30. The average Bonchev–Trinajstić information content (AvgIpc) is 3.01. The van der Waals surface area contributed by atoms with Crippen LogP contribution in [0.1, 0.15) is 30.9 Å². The van der Waals surface area contributed by atoms with E-state index in [1.54, 1.807) is 18.0 Å². The summed E-state index contributed by atoms with van der Waals surface area (Å²) in [4.78, 5) is 0. The Kier molecular flexibility index (Phi) is 5.09. The first-order chi connectivity index (χ1) is 12.1. The van der Waals surface area contributed by atoms with Gasteiger partial charge in [-0.1, -0.05) is 50.2 Å². The number of hydrogen-bond donors (Lipinski definition) is 1. The van der Waals surface area contributed by atoms with Crippen LogP contribution in [0.4, 0.5) is 0 Å². The van der Waals surface area contributed by atoms with Crippen LogP contribution in [0.3, 0.4) is 0 Å². The van der Waals surface area contributed by atoms with Crippen molar-refractivity contribution in [1.29, 1.82) is 0 Å². The summed E-state index contributed by atoms with van der Waals surface area (Å²) in [5, 5.41) is 11.6. The van der Waals surface area contributed by atoms with Crippen LogP contribution in [0.25, 0.3) is 11.4 Å². The maximum atomic E-state index is 5.30. The number of ether oxygens (including phenoxy) is 1. The van der Waals surface area contributed by atoms with E-state index >= 15 is 0 Å². The molecule has 0 aliphatic rings. The van der Waals surface area contributed by atoms with Gasteiger partial charge in [-0.15, -0.1) is 0 Å². The molecule has 0 amide bonds. The normalized spacial score (nSPS) is 11.4. The molecule has 0 bridgehead atoms. The van der Waals surface area contributed by atoms with Crippen molar-refractivity contribution in [3.63, 3.8) is 0 Å². The van der Waals surface area contributed by atoms with Crippen LogP contribution in [0.5, 0.6) is 5.75 Å². The molecule has 0 saturated carbocycles. The first-order valence-electron chi connectivity index (χ1n) is 8.04. The number of rotatable bonds is 5. The Hall–Kier alpha value is -2.73.